The molecule has 0 saturated carbocycles. The smallest absolute Gasteiger partial charge is 0.0858 e. The molecule has 1 aromatic carbocycles. The van der Waals surface area contributed by atoms with Gasteiger partial charge >= 0.3 is 0 Å². The fourth-order valence-corrected chi connectivity index (χ4v) is 3.49. The van der Waals surface area contributed by atoms with Crippen LogP contribution in [0.1, 0.15) is 18.5 Å². The highest BCUT2D eigenvalue weighted by molar-refractivity contribution is 6.35. The van der Waals surface area contributed by atoms with Gasteiger partial charge in [0.1, 0.15) is 0 Å². The third kappa shape index (κ3) is 3.86. The summed E-state index contributed by atoms with van der Waals surface area (Å²) in [6.45, 7) is 4.24. The number of hydrogen-bond acceptors (Lipinski definition) is 4. The summed E-state index contributed by atoms with van der Waals surface area (Å²) in [5.74, 6) is 0. The highest BCUT2D eigenvalue weighted by atomic mass is 35.5. The predicted molar refractivity (Wildman–Crippen MR) is 91.9 cm³/mol. The Hall–Kier alpha value is -1.14. The fraction of sp³-hybridized carbons (Fsp3) is 0.588. The molecule has 6 heteroatoms. The number of fused-ring (bicyclic) bond motifs is 1. The van der Waals surface area contributed by atoms with E-state index in [-0.39, 0.29) is 0 Å². The molecule has 126 valence electrons. The molecule has 1 aliphatic rings. The van der Waals surface area contributed by atoms with Crippen LogP contribution in [0.4, 0.5) is 0 Å². The third-order valence-corrected chi connectivity index (χ3v) is 4.76. The minimum atomic E-state index is 0.352. The number of halogens is 1. The first kappa shape index (κ1) is 16.7. The molecule has 0 bridgehead atoms. The van der Waals surface area contributed by atoms with Crippen LogP contribution in [-0.2, 0) is 23.1 Å². The quantitative estimate of drug-likeness (QED) is 0.760. The molecular formula is C17H24ClN3O2. The van der Waals surface area contributed by atoms with Crippen molar-refractivity contribution < 1.29 is 9.47 Å². The normalized spacial score (nSPS) is 17.2. The van der Waals surface area contributed by atoms with Gasteiger partial charge in [0.05, 0.1) is 35.6 Å². The summed E-state index contributed by atoms with van der Waals surface area (Å²) in [5, 5.41) is 6.53. The highest BCUT2D eigenvalue weighted by Crippen LogP contribution is 2.28. The molecule has 0 unspecified atom stereocenters. The van der Waals surface area contributed by atoms with Crippen molar-refractivity contribution in [3.05, 3.63) is 28.9 Å². The van der Waals surface area contributed by atoms with E-state index in [0.717, 1.165) is 54.1 Å². The number of aromatic nitrogens is 2. The minimum absolute atomic E-state index is 0.352. The van der Waals surface area contributed by atoms with Crippen LogP contribution in [0.3, 0.4) is 0 Å². The summed E-state index contributed by atoms with van der Waals surface area (Å²) >= 11 is 6.38. The van der Waals surface area contributed by atoms with Gasteiger partial charge in [-0.2, -0.15) is 5.10 Å². The summed E-state index contributed by atoms with van der Waals surface area (Å²) in [7, 11) is 3.67. The van der Waals surface area contributed by atoms with E-state index >= 15 is 0 Å². The lowest BCUT2D eigenvalue weighted by molar-refractivity contribution is -0.0159. The molecule has 5 nitrogen and oxygen atoms in total. The van der Waals surface area contributed by atoms with Gasteiger partial charge in [-0.25, -0.2) is 0 Å². The van der Waals surface area contributed by atoms with Gasteiger partial charge in [-0.1, -0.05) is 17.7 Å². The molecule has 0 aliphatic carbocycles. The Morgan fingerprint density at radius 1 is 1.26 bits per heavy atom. The lowest BCUT2D eigenvalue weighted by Crippen LogP contribution is -2.37. The number of ether oxygens (including phenoxy) is 2. The average Bonchev–Trinajstić information content (AvgIpc) is 2.87. The SMILES string of the molecule is COCCOC1CCN(Cc2nn(C)c3cccc(Cl)c23)CC1. The molecule has 1 aliphatic heterocycles. The van der Waals surface area contributed by atoms with Crippen LogP contribution in [0, 0.1) is 0 Å². The number of likely N-dealkylation sites (tertiary alicyclic amines) is 1. The largest absolute Gasteiger partial charge is 0.382 e. The van der Waals surface area contributed by atoms with E-state index < -0.39 is 0 Å². The molecule has 1 aromatic heterocycles. The average molecular weight is 338 g/mol. The molecular weight excluding hydrogens is 314 g/mol. The summed E-state index contributed by atoms with van der Waals surface area (Å²) < 4.78 is 12.8. The first-order chi connectivity index (χ1) is 11.2. The van der Waals surface area contributed by atoms with E-state index in [1.54, 1.807) is 7.11 Å². The van der Waals surface area contributed by atoms with Gasteiger partial charge in [-0.15, -0.1) is 0 Å². The number of methoxy groups -OCH3 is 1. The molecule has 1 saturated heterocycles. The van der Waals surface area contributed by atoms with Gasteiger partial charge in [0.25, 0.3) is 0 Å². The lowest BCUT2D eigenvalue weighted by Gasteiger charge is -2.31. The van der Waals surface area contributed by atoms with Gasteiger partial charge < -0.3 is 9.47 Å². The molecule has 1 fully saturated rings. The van der Waals surface area contributed by atoms with Crippen molar-refractivity contribution in [2.24, 2.45) is 7.05 Å². The first-order valence-electron chi connectivity index (χ1n) is 8.12. The van der Waals surface area contributed by atoms with Crippen molar-refractivity contribution in [2.45, 2.75) is 25.5 Å². The van der Waals surface area contributed by atoms with Crippen molar-refractivity contribution in [3.63, 3.8) is 0 Å². The van der Waals surface area contributed by atoms with Gasteiger partial charge in [0.2, 0.25) is 0 Å². The number of benzene rings is 1. The molecule has 0 radical (unpaired) electrons. The second kappa shape index (κ2) is 7.62. The Kier molecular flexibility index (Phi) is 5.54. The molecule has 2 aromatic rings. The Morgan fingerprint density at radius 3 is 2.78 bits per heavy atom. The zero-order valence-corrected chi connectivity index (χ0v) is 14.6. The fourth-order valence-electron chi connectivity index (χ4n) is 3.21. The number of nitrogens with zero attached hydrogens (tertiary/aromatic N) is 3. The van der Waals surface area contributed by atoms with E-state index in [4.69, 9.17) is 21.1 Å². The Morgan fingerprint density at radius 2 is 2.04 bits per heavy atom. The van der Waals surface area contributed by atoms with Gasteiger partial charge in [-0.05, 0) is 25.0 Å². The van der Waals surface area contributed by atoms with Gasteiger partial charge in [0, 0.05) is 39.2 Å². The van der Waals surface area contributed by atoms with Crippen molar-refractivity contribution in [1.29, 1.82) is 0 Å². The first-order valence-corrected chi connectivity index (χ1v) is 8.50. The van der Waals surface area contributed by atoms with Crippen LogP contribution >= 0.6 is 11.6 Å². The van der Waals surface area contributed by atoms with Crippen molar-refractivity contribution in [1.82, 2.24) is 14.7 Å². The van der Waals surface area contributed by atoms with Crippen LogP contribution in [0.2, 0.25) is 5.02 Å². The maximum absolute atomic E-state index is 6.38. The molecule has 0 amide bonds. The standard InChI is InChI=1S/C17H24ClN3O2/c1-20-16-5-3-4-14(18)17(16)15(19-20)12-21-8-6-13(7-9-21)23-11-10-22-2/h3-5,13H,6-12H2,1-2H3. The molecule has 0 N–H and O–H groups in total. The summed E-state index contributed by atoms with van der Waals surface area (Å²) in [5.41, 5.74) is 2.15. The van der Waals surface area contributed by atoms with Crippen molar-refractivity contribution >= 4 is 22.5 Å². The highest BCUT2D eigenvalue weighted by Gasteiger charge is 2.22. The monoisotopic (exact) mass is 337 g/mol. The van der Waals surface area contributed by atoms with E-state index in [0.29, 0.717) is 19.3 Å². The van der Waals surface area contributed by atoms with Crippen LogP contribution < -0.4 is 0 Å². The summed E-state index contributed by atoms with van der Waals surface area (Å²) in [6.07, 6.45) is 2.47. The van der Waals surface area contributed by atoms with Crippen molar-refractivity contribution in [3.8, 4) is 0 Å². The maximum atomic E-state index is 6.38. The Bertz CT molecular complexity index is 651. The Labute approximate surface area is 142 Å². The van der Waals surface area contributed by atoms with E-state index in [1.807, 2.05) is 23.9 Å². The molecule has 0 spiro atoms. The van der Waals surface area contributed by atoms with Crippen LogP contribution in [0.25, 0.3) is 10.9 Å². The zero-order valence-electron chi connectivity index (χ0n) is 13.8. The molecule has 23 heavy (non-hydrogen) atoms. The van der Waals surface area contributed by atoms with Crippen LogP contribution in [0.5, 0.6) is 0 Å². The van der Waals surface area contributed by atoms with Gasteiger partial charge in [0.15, 0.2) is 0 Å². The second-order valence-electron chi connectivity index (χ2n) is 6.04. The molecule has 3 rings (SSSR count). The topological polar surface area (TPSA) is 39.5 Å². The molecule has 2 heterocycles. The maximum Gasteiger partial charge on any atom is 0.0858 e. The van der Waals surface area contributed by atoms with Crippen LogP contribution in [-0.4, -0.2) is 54.2 Å². The number of piperidine rings is 1. The summed E-state index contributed by atoms with van der Waals surface area (Å²) in [6, 6.07) is 5.97. The van der Waals surface area contributed by atoms with Gasteiger partial charge in [-0.3, -0.25) is 9.58 Å². The third-order valence-electron chi connectivity index (χ3n) is 4.45. The van der Waals surface area contributed by atoms with E-state index in [2.05, 4.69) is 16.1 Å². The zero-order chi connectivity index (χ0) is 16.2. The minimum Gasteiger partial charge on any atom is -0.382 e. The second-order valence-corrected chi connectivity index (χ2v) is 6.45. The number of hydrogen-bond donors (Lipinski definition) is 0. The molecule has 0 atom stereocenters. The van der Waals surface area contributed by atoms with E-state index in [1.165, 1.54) is 0 Å². The van der Waals surface area contributed by atoms with Crippen molar-refractivity contribution in [2.75, 3.05) is 33.4 Å². The Balaban J connectivity index is 1.61. The summed E-state index contributed by atoms with van der Waals surface area (Å²) in [4.78, 5) is 2.43. The lowest BCUT2D eigenvalue weighted by atomic mass is 10.1. The number of rotatable bonds is 6. The number of aryl methyl sites for hydroxylation is 1. The van der Waals surface area contributed by atoms with Crippen LogP contribution in [0.15, 0.2) is 18.2 Å². The predicted octanol–water partition coefficient (Wildman–Crippen LogP) is 2.85. The van der Waals surface area contributed by atoms with E-state index in [9.17, 15) is 0 Å².